The molecule has 1 atom stereocenters. The summed E-state index contributed by atoms with van der Waals surface area (Å²) >= 11 is 0. The topological polar surface area (TPSA) is 40.6 Å². The minimum atomic E-state index is -0.310. The molecule has 0 N–H and O–H groups in total. The Bertz CT molecular complexity index is 638. The Labute approximate surface area is 137 Å². The number of hydrogen-bond acceptors (Lipinski definition) is 2. The number of carbonyl (C=O) groups excluding carboxylic acids is 2. The molecule has 1 aliphatic carbocycles. The van der Waals surface area contributed by atoms with Gasteiger partial charge in [-0.1, -0.05) is 30.3 Å². The van der Waals surface area contributed by atoms with Crippen molar-refractivity contribution in [2.24, 2.45) is 5.41 Å². The zero-order valence-electron chi connectivity index (χ0n) is 13.8. The molecule has 2 amide bonds. The normalized spacial score (nSPS) is 29.2. The van der Waals surface area contributed by atoms with Crippen molar-refractivity contribution in [3.63, 3.8) is 0 Å². The Morgan fingerprint density at radius 3 is 2.48 bits per heavy atom. The van der Waals surface area contributed by atoms with Crippen molar-refractivity contribution in [2.45, 2.75) is 37.5 Å². The van der Waals surface area contributed by atoms with Crippen molar-refractivity contribution in [3.8, 4) is 0 Å². The van der Waals surface area contributed by atoms with Gasteiger partial charge < -0.3 is 9.80 Å². The van der Waals surface area contributed by atoms with Gasteiger partial charge in [0.2, 0.25) is 11.8 Å². The van der Waals surface area contributed by atoms with E-state index in [0.29, 0.717) is 6.54 Å². The van der Waals surface area contributed by atoms with Gasteiger partial charge >= 0.3 is 0 Å². The summed E-state index contributed by atoms with van der Waals surface area (Å²) < 4.78 is 0. The van der Waals surface area contributed by atoms with Crippen molar-refractivity contribution in [2.75, 3.05) is 26.7 Å². The highest BCUT2D eigenvalue weighted by Crippen LogP contribution is 2.51. The molecule has 4 rings (SSSR count). The molecule has 2 aliphatic heterocycles. The second-order valence-electron chi connectivity index (χ2n) is 7.54. The third-order valence-electron chi connectivity index (χ3n) is 6.08. The fraction of sp³-hybridized carbons (Fsp3) is 0.579. The Kier molecular flexibility index (Phi) is 3.26. The molecule has 122 valence electrons. The van der Waals surface area contributed by atoms with Gasteiger partial charge in [-0.05, 0) is 37.7 Å². The summed E-state index contributed by atoms with van der Waals surface area (Å²) in [5.41, 5.74) is 0.518. The van der Waals surface area contributed by atoms with E-state index in [1.165, 1.54) is 0 Å². The van der Waals surface area contributed by atoms with Crippen LogP contribution in [-0.4, -0.2) is 48.3 Å². The number of likely N-dealkylation sites (tertiary alicyclic amines) is 2. The van der Waals surface area contributed by atoms with Gasteiger partial charge in [-0.3, -0.25) is 9.59 Å². The maximum absolute atomic E-state index is 13.1. The van der Waals surface area contributed by atoms with Gasteiger partial charge in [0.1, 0.15) is 0 Å². The van der Waals surface area contributed by atoms with E-state index in [1.54, 1.807) is 0 Å². The molecule has 3 fully saturated rings. The van der Waals surface area contributed by atoms with E-state index in [-0.39, 0.29) is 22.6 Å². The average molecular weight is 312 g/mol. The largest absolute Gasteiger partial charge is 0.345 e. The third kappa shape index (κ3) is 2.19. The van der Waals surface area contributed by atoms with Crippen LogP contribution in [0.1, 0.15) is 37.7 Å². The monoisotopic (exact) mass is 312 g/mol. The molecule has 23 heavy (non-hydrogen) atoms. The lowest BCUT2D eigenvalue weighted by Crippen LogP contribution is -2.49. The fourth-order valence-corrected chi connectivity index (χ4v) is 4.50. The molecule has 1 spiro atoms. The number of rotatable bonds is 2. The molecule has 1 aromatic carbocycles. The molecule has 1 saturated carbocycles. The summed E-state index contributed by atoms with van der Waals surface area (Å²) in [5, 5.41) is 0. The van der Waals surface area contributed by atoms with E-state index in [2.05, 4.69) is 12.1 Å². The first-order valence-electron chi connectivity index (χ1n) is 8.68. The van der Waals surface area contributed by atoms with Crippen molar-refractivity contribution < 1.29 is 9.59 Å². The Morgan fingerprint density at radius 1 is 1.04 bits per heavy atom. The number of nitrogens with zero attached hydrogens (tertiary/aromatic N) is 2. The van der Waals surface area contributed by atoms with E-state index in [1.807, 2.05) is 35.0 Å². The highest BCUT2D eigenvalue weighted by Gasteiger charge is 2.56. The molecule has 0 radical (unpaired) electrons. The Morgan fingerprint density at radius 2 is 1.78 bits per heavy atom. The van der Waals surface area contributed by atoms with Crippen molar-refractivity contribution in [1.82, 2.24) is 9.80 Å². The summed E-state index contributed by atoms with van der Waals surface area (Å²) in [5.74, 6) is 0.477. The first kappa shape index (κ1) is 14.7. The van der Waals surface area contributed by atoms with E-state index in [4.69, 9.17) is 0 Å². The SMILES string of the molecule is CN1CCCC2(CCN(C(=O)C3(c4ccccc4)CC3)C2)C1=O. The molecule has 1 aromatic rings. The lowest BCUT2D eigenvalue weighted by molar-refractivity contribution is -0.144. The fourth-order valence-electron chi connectivity index (χ4n) is 4.50. The average Bonchev–Trinajstić information content (AvgIpc) is 3.28. The second kappa shape index (κ2) is 5.08. The predicted molar refractivity (Wildman–Crippen MR) is 87.9 cm³/mol. The van der Waals surface area contributed by atoms with Crippen LogP contribution in [0, 0.1) is 5.41 Å². The zero-order valence-corrected chi connectivity index (χ0v) is 13.8. The maximum Gasteiger partial charge on any atom is 0.233 e. The number of piperidine rings is 1. The van der Waals surface area contributed by atoms with Gasteiger partial charge in [0.05, 0.1) is 10.8 Å². The first-order chi connectivity index (χ1) is 11.1. The predicted octanol–water partition coefficient (Wildman–Crippen LogP) is 2.19. The van der Waals surface area contributed by atoms with E-state index in [0.717, 1.165) is 50.8 Å². The molecule has 0 aromatic heterocycles. The van der Waals surface area contributed by atoms with Gasteiger partial charge in [-0.2, -0.15) is 0 Å². The van der Waals surface area contributed by atoms with Gasteiger partial charge in [-0.15, -0.1) is 0 Å². The van der Waals surface area contributed by atoms with Gasteiger partial charge in [0.15, 0.2) is 0 Å². The van der Waals surface area contributed by atoms with E-state index in [9.17, 15) is 9.59 Å². The molecule has 2 saturated heterocycles. The molecule has 1 unspecified atom stereocenters. The molecule has 3 aliphatic rings. The van der Waals surface area contributed by atoms with Crippen LogP contribution in [0.15, 0.2) is 30.3 Å². The number of amides is 2. The minimum absolute atomic E-state index is 0.238. The standard InChI is InChI=1S/C19H24N2O2/c1-20-12-5-8-18(16(20)22)11-13-21(14-18)17(23)19(9-10-19)15-6-3-2-4-7-15/h2-4,6-7H,5,8-14H2,1H3. The van der Waals surface area contributed by atoms with Crippen LogP contribution >= 0.6 is 0 Å². The number of benzene rings is 1. The lowest BCUT2D eigenvalue weighted by atomic mass is 9.78. The Balaban J connectivity index is 1.54. The molecular weight excluding hydrogens is 288 g/mol. The molecule has 4 nitrogen and oxygen atoms in total. The lowest BCUT2D eigenvalue weighted by Gasteiger charge is -2.37. The van der Waals surface area contributed by atoms with Crippen LogP contribution in [0.25, 0.3) is 0 Å². The molecule has 4 heteroatoms. The van der Waals surface area contributed by atoms with Crippen LogP contribution < -0.4 is 0 Å². The zero-order chi connectivity index (χ0) is 16.1. The third-order valence-corrected chi connectivity index (χ3v) is 6.08. The highest BCUT2D eigenvalue weighted by molar-refractivity contribution is 5.93. The quantitative estimate of drug-likeness (QED) is 0.840. The van der Waals surface area contributed by atoms with Gasteiger partial charge in [-0.25, -0.2) is 0 Å². The molecule has 0 bridgehead atoms. The summed E-state index contributed by atoms with van der Waals surface area (Å²) in [6.07, 6.45) is 4.68. The van der Waals surface area contributed by atoms with Crippen LogP contribution in [0.2, 0.25) is 0 Å². The summed E-state index contributed by atoms with van der Waals surface area (Å²) in [4.78, 5) is 29.6. The minimum Gasteiger partial charge on any atom is -0.345 e. The smallest absolute Gasteiger partial charge is 0.233 e. The molecule has 2 heterocycles. The van der Waals surface area contributed by atoms with Crippen LogP contribution in [-0.2, 0) is 15.0 Å². The first-order valence-corrected chi connectivity index (χ1v) is 8.68. The number of carbonyl (C=O) groups is 2. The van der Waals surface area contributed by atoms with Gasteiger partial charge in [0.25, 0.3) is 0 Å². The summed E-state index contributed by atoms with van der Waals surface area (Å²) in [6, 6.07) is 10.1. The van der Waals surface area contributed by atoms with E-state index < -0.39 is 0 Å². The summed E-state index contributed by atoms with van der Waals surface area (Å²) in [6.45, 7) is 2.19. The van der Waals surface area contributed by atoms with Crippen LogP contribution in [0.5, 0.6) is 0 Å². The number of hydrogen-bond donors (Lipinski definition) is 0. The summed E-state index contributed by atoms with van der Waals surface area (Å²) in [7, 11) is 1.89. The maximum atomic E-state index is 13.1. The van der Waals surface area contributed by atoms with Crippen LogP contribution in [0.4, 0.5) is 0 Å². The second-order valence-corrected chi connectivity index (χ2v) is 7.54. The van der Waals surface area contributed by atoms with Crippen molar-refractivity contribution in [3.05, 3.63) is 35.9 Å². The van der Waals surface area contributed by atoms with Crippen LogP contribution in [0.3, 0.4) is 0 Å². The highest BCUT2D eigenvalue weighted by atomic mass is 16.2. The van der Waals surface area contributed by atoms with E-state index >= 15 is 0 Å². The molecular formula is C19H24N2O2. The van der Waals surface area contributed by atoms with Crippen molar-refractivity contribution >= 4 is 11.8 Å². The Hall–Kier alpha value is -1.84. The van der Waals surface area contributed by atoms with Gasteiger partial charge in [0, 0.05) is 26.7 Å². The van der Waals surface area contributed by atoms with Crippen molar-refractivity contribution in [1.29, 1.82) is 0 Å².